The summed E-state index contributed by atoms with van der Waals surface area (Å²) < 4.78 is 5.22. The lowest BCUT2D eigenvalue weighted by atomic mass is 10.1. The Morgan fingerprint density at radius 2 is 2.04 bits per heavy atom. The molecule has 1 aromatic heterocycles. The highest BCUT2D eigenvalue weighted by Gasteiger charge is 2.35. The van der Waals surface area contributed by atoms with Crippen molar-refractivity contribution in [3.63, 3.8) is 0 Å². The maximum atomic E-state index is 12.7. The Labute approximate surface area is 166 Å². The molecule has 0 bridgehead atoms. The van der Waals surface area contributed by atoms with Crippen LogP contribution in [0.2, 0.25) is 0 Å². The molecule has 2 aromatic carbocycles. The van der Waals surface area contributed by atoms with E-state index in [9.17, 15) is 9.59 Å². The molecule has 6 nitrogen and oxygen atoms in total. The van der Waals surface area contributed by atoms with Gasteiger partial charge >= 0.3 is 0 Å². The molecule has 2 amide bonds. The molecule has 0 aliphatic carbocycles. The number of carbonyl (C=O) groups excluding carboxylic acids is 2. The molecule has 0 saturated carbocycles. The van der Waals surface area contributed by atoms with E-state index in [0.717, 1.165) is 16.9 Å². The molecule has 1 aliphatic heterocycles. The van der Waals surface area contributed by atoms with Crippen molar-refractivity contribution in [3.8, 4) is 17.0 Å². The van der Waals surface area contributed by atoms with Crippen molar-refractivity contribution in [2.45, 2.75) is 6.42 Å². The summed E-state index contributed by atoms with van der Waals surface area (Å²) in [5.74, 6) is 0.00225. The fourth-order valence-corrected chi connectivity index (χ4v) is 3.91. The molecule has 3 aromatic rings. The van der Waals surface area contributed by atoms with Gasteiger partial charge in [-0.1, -0.05) is 36.4 Å². The van der Waals surface area contributed by atoms with Crippen LogP contribution in [0.3, 0.4) is 0 Å². The van der Waals surface area contributed by atoms with Crippen molar-refractivity contribution in [2.75, 3.05) is 23.9 Å². The van der Waals surface area contributed by atoms with Crippen LogP contribution in [0.1, 0.15) is 6.42 Å². The summed E-state index contributed by atoms with van der Waals surface area (Å²) in [5.41, 5.74) is 2.56. The second kappa shape index (κ2) is 7.82. The lowest BCUT2D eigenvalue weighted by Gasteiger charge is -2.17. The van der Waals surface area contributed by atoms with Crippen molar-refractivity contribution in [1.82, 2.24) is 4.98 Å². The summed E-state index contributed by atoms with van der Waals surface area (Å²) in [6.45, 7) is 0.342. The third-order valence-electron chi connectivity index (χ3n) is 4.66. The van der Waals surface area contributed by atoms with Gasteiger partial charge in [-0.2, -0.15) is 0 Å². The standard InChI is InChI=1S/C21H19N3O3S/c1-27-17-9-5-8-16(11-17)24-12-15(10-19(24)25)20(26)23-21-22-18(13-28-21)14-6-3-2-4-7-14/h2-9,11,13,15H,10,12H2,1H3,(H,22,23,26). The number of amides is 2. The number of carbonyl (C=O) groups is 2. The van der Waals surface area contributed by atoms with E-state index < -0.39 is 5.92 Å². The zero-order valence-electron chi connectivity index (χ0n) is 15.3. The first kappa shape index (κ1) is 18.2. The van der Waals surface area contributed by atoms with Gasteiger partial charge in [0.1, 0.15) is 5.75 Å². The molecular formula is C21H19N3O3S. The minimum atomic E-state index is -0.414. The van der Waals surface area contributed by atoms with Crippen LogP contribution in [0.5, 0.6) is 5.75 Å². The molecule has 28 heavy (non-hydrogen) atoms. The van der Waals surface area contributed by atoms with E-state index in [1.165, 1.54) is 11.3 Å². The third-order valence-corrected chi connectivity index (χ3v) is 5.42. The Bertz CT molecular complexity index is 1000. The van der Waals surface area contributed by atoms with Gasteiger partial charge in [0.05, 0.1) is 18.7 Å². The Morgan fingerprint density at radius 3 is 2.82 bits per heavy atom. The average Bonchev–Trinajstić information content (AvgIpc) is 3.35. The van der Waals surface area contributed by atoms with Crippen LogP contribution in [0, 0.1) is 5.92 Å². The van der Waals surface area contributed by atoms with E-state index in [0.29, 0.717) is 17.4 Å². The highest BCUT2D eigenvalue weighted by Crippen LogP contribution is 2.29. The van der Waals surface area contributed by atoms with Crippen LogP contribution in [0.25, 0.3) is 11.3 Å². The fraction of sp³-hybridized carbons (Fsp3) is 0.190. The van der Waals surface area contributed by atoms with Gasteiger partial charge in [0, 0.05) is 35.7 Å². The van der Waals surface area contributed by atoms with Crippen LogP contribution in [0.15, 0.2) is 60.0 Å². The second-order valence-corrected chi connectivity index (χ2v) is 7.36. The normalized spacial score (nSPS) is 16.2. The summed E-state index contributed by atoms with van der Waals surface area (Å²) >= 11 is 1.38. The van der Waals surface area contributed by atoms with Crippen LogP contribution in [0.4, 0.5) is 10.8 Å². The summed E-state index contributed by atoms with van der Waals surface area (Å²) in [7, 11) is 1.58. The summed E-state index contributed by atoms with van der Waals surface area (Å²) in [6, 6.07) is 17.1. The number of anilines is 2. The van der Waals surface area contributed by atoms with Crippen LogP contribution in [-0.2, 0) is 9.59 Å². The Kier molecular flexibility index (Phi) is 5.08. The van der Waals surface area contributed by atoms with Gasteiger partial charge in [-0.05, 0) is 12.1 Å². The lowest BCUT2D eigenvalue weighted by molar-refractivity contribution is -0.122. The monoisotopic (exact) mass is 393 g/mol. The number of nitrogens with one attached hydrogen (secondary N) is 1. The number of rotatable bonds is 5. The molecule has 7 heteroatoms. The SMILES string of the molecule is COc1cccc(N2CC(C(=O)Nc3nc(-c4ccccc4)cs3)CC2=O)c1. The largest absolute Gasteiger partial charge is 0.497 e. The maximum absolute atomic E-state index is 12.7. The van der Waals surface area contributed by atoms with Gasteiger partial charge in [0.25, 0.3) is 0 Å². The minimum absolute atomic E-state index is 0.0717. The quantitative estimate of drug-likeness (QED) is 0.716. The zero-order valence-corrected chi connectivity index (χ0v) is 16.1. The molecule has 1 unspecified atom stereocenters. The molecule has 0 spiro atoms. The average molecular weight is 393 g/mol. The van der Waals surface area contributed by atoms with Gasteiger partial charge in [-0.25, -0.2) is 4.98 Å². The van der Waals surface area contributed by atoms with E-state index in [4.69, 9.17) is 4.74 Å². The summed E-state index contributed by atoms with van der Waals surface area (Å²) in [5, 5.41) is 5.30. The van der Waals surface area contributed by atoms with Crippen LogP contribution in [-0.4, -0.2) is 30.5 Å². The maximum Gasteiger partial charge on any atom is 0.231 e. The Hall–Kier alpha value is -3.19. The molecule has 1 fully saturated rings. The second-order valence-electron chi connectivity index (χ2n) is 6.50. The molecule has 1 atom stereocenters. The number of benzene rings is 2. The van der Waals surface area contributed by atoms with Crippen molar-refractivity contribution in [3.05, 3.63) is 60.0 Å². The summed E-state index contributed by atoms with van der Waals surface area (Å²) in [4.78, 5) is 31.2. The van der Waals surface area contributed by atoms with Crippen LogP contribution < -0.4 is 15.0 Å². The van der Waals surface area contributed by atoms with Crippen molar-refractivity contribution in [1.29, 1.82) is 0 Å². The first-order valence-electron chi connectivity index (χ1n) is 8.90. The molecule has 2 heterocycles. The molecule has 1 aliphatic rings. The van der Waals surface area contributed by atoms with Crippen molar-refractivity contribution in [2.24, 2.45) is 5.92 Å². The number of nitrogens with zero attached hydrogens (tertiary/aromatic N) is 2. The smallest absolute Gasteiger partial charge is 0.231 e. The number of hydrogen-bond donors (Lipinski definition) is 1. The van der Waals surface area contributed by atoms with Gasteiger partial charge in [-0.15, -0.1) is 11.3 Å². The van der Waals surface area contributed by atoms with E-state index >= 15 is 0 Å². The zero-order chi connectivity index (χ0) is 19.5. The van der Waals surface area contributed by atoms with Gasteiger partial charge in [0.2, 0.25) is 11.8 Å². The predicted octanol–water partition coefficient (Wildman–Crippen LogP) is 3.81. The minimum Gasteiger partial charge on any atom is -0.497 e. The topological polar surface area (TPSA) is 71.5 Å². The molecule has 4 rings (SSSR count). The van der Waals surface area contributed by atoms with E-state index in [1.54, 1.807) is 18.1 Å². The predicted molar refractivity (Wildman–Crippen MR) is 110 cm³/mol. The Morgan fingerprint density at radius 1 is 1.21 bits per heavy atom. The number of methoxy groups -OCH3 is 1. The molecular weight excluding hydrogens is 374 g/mol. The first-order chi connectivity index (χ1) is 13.6. The lowest BCUT2D eigenvalue weighted by Crippen LogP contribution is -2.28. The first-order valence-corrected chi connectivity index (χ1v) is 9.78. The number of hydrogen-bond acceptors (Lipinski definition) is 5. The Balaban J connectivity index is 1.43. The highest BCUT2D eigenvalue weighted by molar-refractivity contribution is 7.14. The number of ether oxygens (including phenoxy) is 1. The van der Waals surface area contributed by atoms with Crippen molar-refractivity contribution >= 4 is 34.0 Å². The van der Waals surface area contributed by atoms with Gasteiger partial charge in [-0.3, -0.25) is 9.59 Å². The third kappa shape index (κ3) is 3.75. The van der Waals surface area contributed by atoms with Crippen molar-refractivity contribution < 1.29 is 14.3 Å². The molecule has 142 valence electrons. The summed E-state index contributed by atoms with van der Waals surface area (Å²) in [6.07, 6.45) is 0.181. The van der Waals surface area contributed by atoms with Crippen LogP contribution >= 0.6 is 11.3 Å². The molecule has 0 radical (unpaired) electrons. The number of thiazole rings is 1. The van der Waals surface area contributed by atoms with Gasteiger partial charge < -0.3 is 15.0 Å². The highest BCUT2D eigenvalue weighted by atomic mass is 32.1. The van der Waals surface area contributed by atoms with E-state index in [1.807, 2.05) is 53.9 Å². The number of aromatic nitrogens is 1. The molecule has 1 N–H and O–H groups in total. The van der Waals surface area contributed by atoms with E-state index in [-0.39, 0.29) is 18.2 Å². The fourth-order valence-electron chi connectivity index (χ4n) is 3.19. The van der Waals surface area contributed by atoms with Gasteiger partial charge in [0.15, 0.2) is 5.13 Å². The van der Waals surface area contributed by atoms with E-state index in [2.05, 4.69) is 10.3 Å². The molecule has 1 saturated heterocycles.